The third-order valence-corrected chi connectivity index (χ3v) is 2.57. The van der Waals surface area contributed by atoms with Gasteiger partial charge in [0.1, 0.15) is 5.82 Å². The summed E-state index contributed by atoms with van der Waals surface area (Å²) in [6.07, 6.45) is 2.28. The molecule has 0 spiro atoms. The average molecular weight is 223 g/mol. The standard InChI is InChI=1S/C11H17N3O2/c1-16-5-4-12-7-9-6-10(15)14-11(13-9)8-2-3-8/h6,8,12H,2-5,7H2,1H3,(H,13,14,15). The Morgan fingerprint density at radius 2 is 2.44 bits per heavy atom. The van der Waals surface area contributed by atoms with Crippen LogP contribution in [-0.4, -0.2) is 30.2 Å². The summed E-state index contributed by atoms with van der Waals surface area (Å²) < 4.78 is 4.92. The molecule has 0 aromatic carbocycles. The van der Waals surface area contributed by atoms with Gasteiger partial charge in [-0.1, -0.05) is 0 Å². The first-order valence-corrected chi connectivity index (χ1v) is 5.59. The molecule has 1 heterocycles. The van der Waals surface area contributed by atoms with E-state index < -0.39 is 0 Å². The lowest BCUT2D eigenvalue weighted by Crippen LogP contribution is -2.21. The fourth-order valence-electron chi connectivity index (χ4n) is 1.56. The molecule has 0 bridgehead atoms. The second-order valence-corrected chi connectivity index (χ2v) is 4.07. The van der Waals surface area contributed by atoms with Crippen LogP contribution in [0.1, 0.15) is 30.3 Å². The monoisotopic (exact) mass is 223 g/mol. The van der Waals surface area contributed by atoms with Crippen LogP contribution in [-0.2, 0) is 11.3 Å². The lowest BCUT2D eigenvalue weighted by atomic mass is 10.3. The summed E-state index contributed by atoms with van der Waals surface area (Å²) in [6.45, 7) is 2.05. The third kappa shape index (κ3) is 3.15. The highest BCUT2D eigenvalue weighted by molar-refractivity contribution is 5.10. The van der Waals surface area contributed by atoms with Gasteiger partial charge in [0.05, 0.1) is 12.3 Å². The van der Waals surface area contributed by atoms with Crippen molar-refractivity contribution in [3.8, 4) is 0 Å². The molecule has 0 radical (unpaired) electrons. The normalized spacial score (nSPS) is 15.3. The maximum atomic E-state index is 11.4. The van der Waals surface area contributed by atoms with Gasteiger partial charge in [-0.05, 0) is 12.8 Å². The van der Waals surface area contributed by atoms with Gasteiger partial charge in [0, 0.05) is 32.2 Å². The van der Waals surface area contributed by atoms with E-state index in [1.165, 1.54) is 0 Å². The molecule has 0 aliphatic heterocycles. The van der Waals surface area contributed by atoms with Gasteiger partial charge in [-0.2, -0.15) is 0 Å². The Morgan fingerprint density at radius 3 is 3.12 bits per heavy atom. The molecule has 5 heteroatoms. The molecule has 0 saturated heterocycles. The molecule has 0 unspecified atom stereocenters. The van der Waals surface area contributed by atoms with Crippen LogP contribution in [0.25, 0.3) is 0 Å². The highest BCUT2D eigenvalue weighted by Crippen LogP contribution is 2.37. The van der Waals surface area contributed by atoms with Crippen molar-refractivity contribution in [2.75, 3.05) is 20.3 Å². The summed E-state index contributed by atoms with van der Waals surface area (Å²) >= 11 is 0. The van der Waals surface area contributed by atoms with Gasteiger partial charge in [0.25, 0.3) is 5.56 Å². The van der Waals surface area contributed by atoms with Gasteiger partial charge in [-0.15, -0.1) is 0 Å². The number of rotatable bonds is 6. The highest BCUT2D eigenvalue weighted by Gasteiger charge is 2.26. The van der Waals surface area contributed by atoms with E-state index >= 15 is 0 Å². The fourth-order valence-corrected chi connectivity index (χ4v) is 1.56. The zero-order valence-corrected chi connectivity index (χ0v) is 9.45. The van der Waals surface area contributed by atoms with Crippen LogP contribution in [0.5, 0.6) is 0 Å². The van der Waals surface area contributed by atoms with Crippen molar-refractivity contribution < 1.29 is 4.74 Å². The minimum atomic E-state index is -0.0551. The largest absolute Gasteiger partial charge is 0.383 e. The Kier molecular flexibility index (Phi) is 3.69. The second-order valence-electron chi connectivity index (χ2n) is 4.07. The molecule has 5 nitrogen and oxygen atoms in total. The smallest absolute Gasteiger partial charge is 0.251 e. The molecule has 1 aliphatic carbocycles. The molecular formula is C11H17N3O2. The summed E-state index contributed by atoms with van der Waals surface area (Å²) in [4.78, 5) is 18.6. The van der Waals surface area contributed by atoms with E-state index in [1.54, 1.807) is 13.2 Å². The van der Waals surface area contributed by atoms with E-state index in [0.29, 0.717) is 19.1 Å². The van der Waals surface area contributed by atoms with Gasteiger partial charge in [0.15, 0.2) is 0 Å². The Balaban J connectivity index is 1.94. The van der Waals surface area contributed by atoms with Crippen LogP contribution in [0.4, 0.5) is 0 Å². The van der Waals surface area contributed by atoms with Crippen LogP contribution in [0, 0.1) is 0 Å². The third-order valence-electron chi connectivity index (χ3n) is 2.57. The van der Waals surface area contributed by atoms with E-state index in [0.717, 1.165) is 30.9 Å². The Morgan fingerprint density at radius 1 is 1.62 bits per heavy atom. The van der Waals surface area contributed by atoms with Gasteiger partial charge in [-0.3, -0.25) is 4.79 Å². The summed E-state index contributed by atoms with van der Waals surface area (Å²) in [5, 5.41) is 3.18. The minimum Gasteiger partial charge on any atom is -0.383 e. The van der Waals surface area contributed by atoms with Gasteiger partial charge < -0.3 is 15.0 Å². The molecule has 16 heavy (non-hydrogen) atoms. The van der Waals surface area contributed by atoms with Crippen molar-refractivity contribution >= 4 is 0 Å². The van der Waals surface area contributed by atoms with E-state index in [2.05, 4.69) is 15.3 Å². The maximum absolute atomic E-state index is 11.4. The molecule has 0 amide bonds. The number of nitrogens with zero attached hydrogens (tertiary/aromatic N) is 1. The number of methoxy groups -OCH3 is 1. The first-order valence-electron chi connectivity index (χ1n) is 5.59. The molecule has 88 valence electrons. The van der Waals surface area contributed by atoms with Crippen LogP contribution < -0.4 is 10.9 Å². The van der Waals surface area contributed by atoms with Gasteiger partial charge in [-0.25, -0.2) is 4.98 Å². The van der Waals surface area contributed by atoms with E-state index in [-0.39, 0.29) is 5.56 Å². The predicted octanol–water partition coefficient (Wildman–Crippen LogP) is 0.383. The molecular weight excluding hydrogens is 206 g/mol. The maximum Gasteiger partial charge on any atom is 0.251 e. The number of H-pyrrole nitrogens is 1. The molecule has 2 N–H and O–H groups in total. The number of nitrogens with one attached hydrogen (secondary N) is 2. The molecule has 2 rings (SSSR count). The van der Waals surface area contributed by atoms with Crippen LogP contribution in [0.2, 0.25) is 0 Å². The number of ether oxygens (including phenoxy) is 1. The SMILES string of the molecule is COCCNCc1cc(=O)[nH]c(C2CC2)n1. The predicted molar refractivity (Wildman–Crippen MR) is 60.4 cm³/mol. The first-order chi connectivity index (χ1) is 7.79. The zero-order valence-electron chi connectivity index (χ0n) is 9.45. The number of aromatic nitrogens is 2. The highest BCUT2D eigenvalue weighted by atomic mass is 16.5. The molecule has 1 aromatic rings. The Hall–Kier alpha value is -1.20. The Labute approximate surface area is 94.2 Å². The molecule has 0 atom stereocenters. The van der Waals surface area contributed by atoms with Crippen LogP contribution in [0.3, 0.4) is 0 Å². The minimum absolute atomic E-state index is 0.0551. The quantitative estimate of drug-likeness (QED) is 0.684. The van der Waals surface area contributed by atoms with E-state index in [9.17, 15) is 4.79 Å². The topological polar surface area (TPSA) is 67.0 Å². The summed E-state index contributed by atoms with van der Waals surface area (Å²) in [5.41, 5.74) is 0.752. The summed E-state index contributed by atoms with van der Waals surface area (Å²) in [7, 11) is 1.67. The van der Waals surface area contributed by atoms with Crippen LogP contribution in [0.15, 0.2) is 10.9 Å². The summed E-state index contributed by atoms with van der Waals surface area (Å²) in [5.74, 6) is 1.32. The van der Waals surface area contributed by atoms with Gasteiger partial charge in [0.2, 0.25) is 0 Å². The Bertz CT molecular complexity index is 398. The van der Waals surface area contributed by atoms with E-state index in [1.807, 2.05) is 0 Å². The average Bonchev–Trinajstić information content (AvgIpc) is 3.07. The van der Waals surface area contributed by atoms with Crippen molar-refractivity contribution in [3.63, 3.8) is 0 Å². The van der Waals surface area contributed by atoms with E-state index in [4.69, 9.17) is 4.74 Å². The van der Waals surface area contributed by atoms with Gasteiger partial charge >= 0.3 is 0 Å². The molecule has 1 aromatic heterocycles. The fraction of sp³-hybridized carbons (Fsp3) is 0.636. The first kappa shape index (κ1) is 11.3. The zero-order chi connectivity index (χ0) is 11.4. The summed E-state index contributed by atoms with van der Waals surface area (Å²) in [6, 6.07) is 1.55. The lowest BCUT2D eigenvalue weighted by Gasteiger charge is -2.05. The molecule has 1 saturated carbocycles. The van der Waals surface area contributed by atoms with Crippen molar-refractivity contribution in [2.45, 2.75) is 25.3 Å². The van der Waals surface area contributed by atoms with Crippen molar-refractivity contribution in [1.82, 2.24) is 15.3 Å². The van der Waals surface area contributed by atoms with Crippen molar-refractivity contribution in [1.29, 1.82) is 0 Å². The number of aromatic amines is 1. The number of hydrogen-bond acceptors (Lipinski definition) is 4. The second kappa shape index (κ2) is 5.23. The van der Waals surface area contributed by atoms with Crippen molar-refractivity contribution in [3.05, 3.63) is 27.9 Å². The lowest BCUT2D eigenvalue weighted by molar-refractivity contribution is 0.199. The number of hydrogen-bond donors (Lipinski definition) is 2. The molecule has 1 aliphatic rings. The van der Waals surface area contributed by atoms with Crippen LogP contribution >= 0.6 is 0 Å². The van der Waals surface area contributed by atoms with Crippen molar-refractivity contribution in [2.24, 2.45) is 0 Å². The molecule has 1 fully saturated rings.